The van der Waals surface area contributed by atoms with Crippen LogP contribution in [0.15, 0.2) is 30.6 Å². The molecule has 1 aromatic carbocycles. The molecule has 9 nitrogen and oxygen atoms in total. The number of ether oxygens (including phenoxy) is 2. The summed E-state index contributed by atoms with van der Waals surface area (Å²) in [6.07, 6.45) is -2.30. The Hall–Kier alpha value is -2.83. The zero-order valence-electron chi connectivity index (χ0n) is 19.5. The Morgan fingerprint density at radius 1 is 1.27 bits per heavy atom. The third-order valence-corrected chi connectivity index (χ3v) is 8.00. The van der Waals surface area contributed by atoms with Crippen LogP contribution in [0.5, 0.6) is 5.75 Å². The van der Waals surface area contributed by atoms with Crippen LogP contribution in [-0.4, -0.2) is 68.8 Å². The minimum Gasteiger partial charge on any atom is -0.480 e. The van der Waals surface area contributed by atoms with E-state index in [0.29, 0.717) is 41.2 Å². The highest BCUT2D eigenvalue weighted by Crippen LogP contribution is 2.65. The van der Waals surface area contributed by atoms with Crippen molar-refractivity contribution in [2.24, 2.45) is 0 Å². The van der Waals surface area contributed by atoms with Crippen molar-refractivity contribution >= 4 is 23.4 Å². The molecule has 2 aliphatic heterocycles. The van der Waals surface area contributed by atoms with Gasteiger partial charge in [0.2, 0.25) is 0 Å². The predicted molar refractivity (Wildman–Crippen MR) is 122 cm³/mol. The van der Waals surface area contributed by atoms with Crippen molar-refractivity contribution in [2.45, 2.75) is 67.9 Å². The molecular formula is C24H24ClF3N4O5. The first kappa shape index (κ1) is 24.5. The van der Waals surface area contributed by atoms with Crippen LogP contribution in [-0.2, 0) is 15.1 Å². The molecule has 0 unspecified atom stereocenters. The number of nitrogens with one attached hydrogen (secondary N) is 1. The molecule has 1 aromatic heterocycles. The van der Waals surface area contributed by atoms with E-state index in [1.165, 1.54) is 11.1 Å². The maximum Gasteiger partial charge on any atom is 0.522 e. The number of rotatable bonds is 5. The van der Waals surface area contributed by atoms with E-state index in [-0.39, 0.29) is 48.8 Å². The summed E-state index contributed by atoms with van der Waals surface area (Å²) in [4.78, 5) is 27.0. The Morgan fingerprint density at radius 2 is 2.03 bits per heavy atom. The first-order chi connectivity index (χ1) is 17.4. The molecule has 2 bridgehead atoms. The van der Waals surface area contributed by atoms with E-state index in [4.69, 9.17) is 16.3 Å². The summed E-state index contributed by atoms with van der Waals surface area (Å²) in [5.74, 6) is -0.252. The molecule has 3 atom stereocenters. The fraction of sp³-hybridized carbons (Fsp3) is 0.542. The predicted octanol–water partition coefficient (Wildman–Crippen LogP) is 2.92. The van der Waals surface area contributed by atoms with Gasteiger partial charge in [0.05, 0.1) is 29.5 Å². The number of carbonyl (C=O) groups is 2. The highest BCUT2D eigenvalue weighted by atomic mass is 35.5. The molecule has 3 heterocycles. The number of aliphatic hydroxyl groups excluding tert-OH is 1. The fourth-order valence-corrected chi connectivity index (χ4v) is 6.28. The number of aromatic nitrogens is 2. The molecule has 1 saturated heterocycles. The van der Waals surface area contributed by atoms with E-state index in [0.717, 1.165) is 0 Å². The molecule has 3 saturated carbocycles. The minimum absolute atomic E-state index is 0.118. The van der Waals surface area contributed by atoms with Gasteiger partial charge in [-0.2, -0.15) is 5.10 Å². The van der Waals surface area contributed by atoms with E-state index in [9.17, 15) is 27.9 Å². The maximum absolute atomic E-state index is 12.9. The molecule has 198 valence electrons. The van der Waals surface area contributed by atoms with Gasteiger partial charge in [0.15, 0.2) is 6.10 Å². The van der Waals surface area contributed by atoms with Crippen LogP contribution in [0.2, 0.25) is 5.02 Å². The number of likely N-dealkylation sites (tertiary alicyclic amines) is 1. The Balaban J connectivity index is 1.04. The normalized spacial score (nSPS) is 32.1. The van der Waals surface area contributed by atoms with Crippen LogP contribution in [0.1, 0.15) is 54.1 Å². The third kappa shape index (κ3) is 4.34. The lowest BCUT2D eigenvalue weighted by Crippen LogP contribution is -2.79. The van der Waals surface area contributed by atoms with Gasteiger partial charge < -0.3 is 20.1 Å². The lowest BCUT2D eigenvalue weighted by Gasteiger charge is -2.70. The van der Waals surface area contributed by atoms with Crippen molar-refractivity contribution in [3.05, 3.63) is 46.7 Å². The summed E-state index contributed by atoms with van der Waals surface area (Å²) in [5, 5.41) is 18.3. The minimum atomic E-state index is -4.73. The summed E-state index contributed by atoms with van der Waals surface area (Å²) >= 11 is 5.99. The van der Waals surface area contributed by atoms with Crippen LogP contribution in [0.4, 0.5) is 13.2 Å². The monoisotopic (exact) mass is 540 g/mol. The number of benzene rings is 1. The van der Waals surface area contributed by atoms with Gasteiger partial charge in [0, 0.05) is 41.8 Å². The fourth-order valence-electron chi connectivity index (χ4n) is 6.10. The van der Waals surface area contributed by atoms with E-state index in [2.05, 4.69) is 15.2 Å². The number of hydrogen-bond donors (Lipinski definition) is 2. The number of hydrogen-bond acceptors (Lipinski definition) is 6. The molecule has 2 aromatic rings. The summed E-state index contributed by atoms with van der Waals surface area (Å²) in [6.45, 7) is 0.0553. The van der Waals surface area contributed by atoms with Crippen LogP contribution in [0.25, 0.3) is 0 Å². The quantitative estimate of drug-likeness (QED) is 0.604. The molecule has 13 heteroatoms. The second-order valence-corrected chi connectivity index (χ2v) is 10.9. The molecule has 37 heavy (non-hydrogen) atoms. The van der Waals surface area contributed by atoms with E-state index in [1.807, 2.05) is 0 Å². The van der Waals surface area contributed by atoms with Crippen molar-refractivity contribution in [3.63, 3.8) is 0 Å². The first-order valence-electron chi connectivity index (χ1n) is 12.0. The number of amides is 2. The molecule has 4 fully saturated rings. The summed E-state index contributed by atoms with van der Waals surface area (Å²) in [5.41, 5.74) is 0.162. The Bertz CT molecular complexity index is 1250. The van der Waals surface area contributed by atoms with Gasteiger partial charge in [-0.3, -0.25) is 19.0 Å². The van der Waals surface area contributed by atoms with Gasteiger partial charge in [-0.25, -0.2) is 0 Å². The topological polar surface area (TPSA) is 106 Å². The highest BCUT2D eigenvalue weighted by molar-refractivity contribution is 6.30. The van der Waals surface area contributed by atoms with Crippen molar-refractivity contribution < 1.29 is 37.3 Å². The molecule has 5 aliphatic rings. The van der Waals surface area contributed by atoms with Crippen LogP contribution >= 0.6 is 11.6 Å². The van der Waals surface area contributed by atoms with Crippen molar-refractivity contribution in [1.82, 2.24) is 20.0 Å². The number of fused-ring (bicyclic) bond motifs is 1. The summed E-state index contributed by atoms with van der Waals surface area (Å²) in [6, 6.07) is 4.90. The van der Waals surface area contributed by atoms with Crippen LogP contribution in [0.3, 0.4) is 0 Å². The van der Waals surface area contributed by atoms with E-state index >= 15 is 0 Å². The highest BCUT2D eigenvalue weighted by Gasteiger charge is 2.70. The molecular weight excluding hydrogens is 517 g/mol. The van der Waals surface area contributed by atoms with Crippen molar-refractivity contribution in [1.29, 1.82) is 0 Å². The summed E-state index contributed by atoms with van der Waals surface area (Å²) in [7, 11) is 0. The first-order valence-corrected chi connectivity index (χ1v) is 12.4. The van der Waals surface area contributed by atoms with Crippen LogP contribution in [0, 0.1) is 0 Å². The zero-order valence-corrected chi connectivity index (χ0v) is 20.3. The number of aliphatic hydroxyl groups is 1. The maximum atomic E-state index is 12.9. The third-order valence-electron chi connectivity index (χ3n) is 7.77. The second-order valence-electron chi connectivity index (χ2n) is 10.5. The Morgan fingerprint density at radius 3 is 2.76 bits per heavy atom. The molecule has 2 N–H and O–H groups in total. The second kappa shape index (κ2) is 8.34. The molecule has 0 spiro atoms. The lowest BCUT2D eigenvalue weighted by atomic mass is 9.44. The molecule has 2 amide bonds. The van der Waals surface area contributed by atoms with Crippen molar-refractivity contribution in [3.8, 4) is 5.75 Å². The van der Waals surface area contributed by atoms with Gasteiger partial charge in [-0.15, -0.1) is 13.2 Å². The number of carbonyl (C=O) groups excluding carboxylic acids is 2. The van der Waals surface area contributed by atoms with Crippen molar-refractivity contribution in [2.75, 3.05) is 13.1 Å². The zero-order chi connectivity index (χ0) is 26.2. The largest absolute Gasteiger partial charge is 0.522 e. The van der Waals surface area contributed by atoms with E-state index in [1.54, 1.807) is 29.1 Å². The Kier molecular flexibility index (Phi) is 5.52. The van der Waals surface area contributed by atoms with Crippen LogP contribution < -0.4 is 10.1 Å². The molecule has 3 aliphatic carbocycles. The van der Waals surface area contributed by atoms with Gasteiger partial charge in [0.1, 0.15) is 5.75 Å². The average molecular weight is 541 g/mol. The lowest BCUT2D eigenvalue weighted by molar-refractivity contribution is -0.340. The summed E-state index contributed by atoms with van der Waals surface area (Å²) < 4.78 is 49.0. The van der Waals surface area contributed by atoms with E-state index < -0.39 is 24.7 Å². The smallest absolute Gasteiger partial charge is 0.480 e. The molecule has 7 rings (SSSR count). The number of nitrogens with zero attached hydrogens (tertiary/aromatic N) is 3. The average Bonchev–Trinajstić information content (AvgIpc) is 3.44. The van der Waals surface area contributed by atoms with Gasteiger partial charge in [0.25, 0.3) is 11.8 Å². The Labute approximate surface area is 214 Å². The van der Waals surface area contributed by atoms with Gasteiger partial charge in [-0.05, 0) is 43.9 Å². The molecule has 0 radical (unpaired) electrons. The number of halogens is 4. The number of alkyl halides is 3. The SMILES string of the molecule is O=C(NC12CC(n3cc(C(=O)N4CC[C@@H](OC(F)(F)F)C4)cn3)(C1)C2)[C@H]1C[C@@H](O)c2cc(Cl)ccc2O1. The van der Waals surface area contributed by atoms with Gasteiger partial charge in [-0.1, -0.05) is 11.6 Å². The van der Waals surface area contributed by atoms with Gasteiger partial charge >= 0.3 is 6.36 Å². The standard InChI is InChI=1S/C24H24ClF3N4O5/c25-14-1-2-18-16(5-14)17(33)6-19(36-18)20(34)30-22-10-23(11-22,12-22)32-8-13(7-29-32)21(35)31-4-3-15(9-31)37-24(26,27)28/h1-2,5,7-8,15,17,19,33H,3-4,6,9-12H2,(H,30,34)/t15-,17-,19-,22?,23?/m1/s1.